The van der Waals surface area contributed by atoms with E-state index in [1.165, 1.54) is 18.3 Å². The van der Waals surface area contributed by atoms with Gasteiger partial charge in [0.05, 0.1) is 10.6 Å². The Kier molecular flexibility index (Phi) is 1.59. The Morgan fingerprint density at radius 2 is 2.31 bits per heavy atom. The minimum Gasteiger partial charge on any atom is -0.366 e. The predicted octanol–water partition coefficient (Wildman–Crippen LogP) is 0.884. The molecule has 0 atom stereocenters. The van der Waals surface area contributed by atoms with Gasteiger partial charge in [0, 0.05) is 6.92 Å². The average Bonchev–Trinajstić information content (AvgIpc) is 2.51. The van der Waals surface area contributed by atoms with Crippen LogP contribution in [0.1, 0.15) is 22.3 Å². The Bertz CT molecular complexity index is 484. The van der Waals surface area contributed by atoms with Gasteiger partial charge in [-0.25, -0.2) is 4.52 Å². The van der Waals surface area contributed by atoms with Gasteiger partial charge in [-0.15, -0.1) is 5.10 Å². The molecule has 0 fully saturated rings. The van der Waals surface area contributed by atoms with Crippen LogP contribution in [0.2, 0.25) is 0 Å². The molecular formula is C7H8N4OS. The average molecular weight is 196 g/mol. The summed E-state index contributed by atoms with van der Waals surface area (Å²) in [5, 5.41) is 3.96. The SMILES string of the molecule is CC(=O)c1sc2nc(N)nn2c1C. The highest BCUT2D eigenvalue weighted by Gasteiger charge is 2.14. The zero-order chi connectivity index (χ0) is 9.59. The van der Waals surface area contributed by atoms with Crippen molar-refractivity contribution in [2.75, 3.05) is 5.73 Å². The highest BCUT2D eigenvalue weighted by atomic mass is 32.1. The molecule has 0 aromatic carbocycles. The number of carbonyl (C=O) groups is 1. The van der Waals surface area contributed by atoms with Crippen LogP contribution in [0.15, 0.2) is 0 Å². The third kappa shape index (κ3) is 1.10. The highest BCUT2D eigenvalue weighted by molar-refractivity contribution is 7.19. The molecule has 0 radical (unpaired) electrons. The Labute approximate surface area is 78.2 Å². The van der Waals surface area contributed by atoms with Crippen LogP contribution in [-0.4, -0.2) is 20.4 Å². The molecule has 6 heteroatoms. The summed E-state index contributed by atoms with van der Waals surface area (Å²) >= 11 is 1.31. The molecule has 2 rings (SSSR count). The third-order valence-electron chi connectivity index (χ3n) is 1.75. The summed E-state index contributed by atoms with van der Waals surface area (Å²) in [7, 11) is 0. The molecule has 0 aliphatic rings. The Morgan fingerprint density at radius 3 is 2.85 bits per heavy atom. The van der Waals surface area contributed by atoms with Gasteiger partial charge >= 0.3 is 0 Å². The minimum absolute atomic E-state index is 0.0355. The van der Waals surface area contributed by atoms with E-state index >= 15 is 0 Å². The molecule has 68 valence electrons. The van der Waals surface area contributed by atoms with Crippen LogP contribution < -0.4 is 5.73 Å². The van der Waals surface area contributed by atoms with Gasteiger partial charge in [-0.1, -0.05) is 11.3 Å². The first-order valence-corrected chi connectivity index (χ1v) is 4.54. The number of thiazole rings is 1. The first-order chi connectivity index (χ1) is 6.09. The molecule has 2 heterocycles. The lowest BCUT2D eigenvalue weighted by Crippen LogP contribution is -1.96. The fraction of sp³-hybridized carbons (Fsp3) is 0.286. The minimum atomic E-state index is 0.0355. The summed E-state index contributed by atoms with van der Waals surface area (Å²) < 4.78 is 1.59. The standard InChI is InChI=1S/C7H8N4OS/c1-3-5(4(2)12)13-7-9-6(8)10-11(3)7/h1-2H3,(H2,8,10). The lowest BCUT2D eigenvalue weighted by Gasteiger charge is -1.90. The summed E-state index contributed by atoms with van der Waals surface area (Å²) in [5.41, 5.74) is 6.21. The van der Waals surface area contributed by atoms with E-state index in [1.54, 1.807) is 4.52 Å². The summed E-state index contributed by atoms with van der Waals surface area (Å²) in [6, 6.07) is 0. The number of hydrogen-bond donors (Lipinski definition) is 1. The van der Waals surface area contributed by atoms with Crippen molar-refractivity contribution >= 4 is 28.0 Å². The van der Waals surface area contributed by atoms with Crippen molar-refractivity contribution in [1.29, 1.82) is 0 Å². The molecule has 2 aromatic heterocycles. The molecule has 0 bridgehead atoms. The number of nitrogens with two attached hydrogens (primary N) is 1. The van der Waals surface area contributed by atoms with Crippen molar-refractivity contribution in [1.82, 2.24) is 14.6 Å². The van der Waals surface area contributed by atoms with Crippen LogP contribution in [0.25, 0.3) is 4.96 Å². The number of rotatable bonds is 1. The lowest BCUT2D eigenvalue weighted by atomic mass is 10.3. The number of fused-ring (bicyclic) bond motifs is 1. The Morgan fingerprint density at radius 1 is 1.62 bits per heavy atom. The van der Waals surface area contributed by atoms with E-state index in [4.69, 9.17) is 5.73 Å². The van der Waals surface area contributed by atoms with Gasteiger partial charge in [0.15, 0.2) is 5.78 Å². The fourth-order valence-electron chi connectivity index (χ4n) is 1.19. The van der Waals surface area contributed by atoms with Crippen molar-refractivity contribution in [3.8, 4) is 0 Å². The molecule has 0 amide bonds. The van der Waals surface area contributed by atoms with E-state index in [-0.39, 0.29) is 11.7 Å². The van der Waals surface area contributed by atoms with Crippen molar-refractivity contribution in [3.63, 3.8) is 0 Å². The number of aromatic nitrogens is 3. The maximum atomic E-state index is 11.1. The molecule has 0 aliphatic carbocycles. The normalized spacial score (nSPS) is 10.9. The maximum absolute atomic E-state index is 11.1. The fourth-order valence-corrected chi connectivity index (χ4v) is 2.15. The van der Waals surface area contributed by atoms with Crippen molar-refractivity contribution in [3.05, 3.63) is 10.6 Å². The van der Waals surface area contributed by atoms with Gasteiger partial charge in [-0.2, -0.15) is 4.98 Å². The van der Waals surface area contributed by atoms with E-state index in [0.717, 1.165) is 5.69 Å². The van der Waals surface area contributed by atoms with E-state index in [2.05, 4.69) is 10.1 Å². The largest absolute Gasteiger partial charge is 0.366 e. The number of nitrogen functional groups attached to an aromatic ring is 1. The van der Waals surface area contributed by atoms with E-state index in [0.29, 0.717) is 9.84 Å². The molecule has 0 unspecified atom stereocenters. The Balaban J connectivity index is 2.76. The van der Waals surface area contributed by atoms with Gasteiger partial charge in [0.2, 0.25) is 10.9 Å². The molecule has 13 heavy (non-hydrogen) atoms. The second-order valence-corrected chi connectivity index (χ2v) is 3.71. The summed E-state index contributed by atoms with van der Waals surface area (Å²) in [5.74, 6) is 0.276. The number of ketones is 1. The lowest BCUT2D eigenvalue weighted by molar-refractivity contribution is 0.102. The molecular weight excluding hydrogens is 188 g/mol. The number of aryl methyl sites for hydroxylation is 1. The van der Waals surface area contributed by atoms with Gasteiger partial charge in [-0.3, -0.25) is 4.79 Å². The topological polar surface area (TPSA) is 73.3 Å². The van der Waals surface area contributed by atoms with Crippen molar-refractivity contribution in [2.45, 2.75) is 13.8 Å². The van der Waals surface area contributed by atoms with Gasteiger partial charge < -0.3 is 5.73 Å². The van der Waals surface area contributed by atoms with Gasteiger partial charge in [0.1, 0.15) is 0 Å². The second-order valence-electron chi connectivity index (χ2n) is 2.74. The second kappa shape index (κ2) is 2.53. The van der Waals surface area contributed by atoms with Crippen LogP contribution in [0, 0.1) is 6.92 Å². The molecule has 5 nitrogen and oxygen atoms in total. The molecule has 2 N–H and O–H groups in total. The van der Waals surface area contributed by atoms with Crippen molar-refractivity contribution in [2.24, 2.45) is 0 Å². The van der Waals surface area contributed by atoms with E-state index in [9.17, 15) is 4.79 Å². The van der Waals surface area contributed by atoms with E-state index < -0.39 is 0 Å². The van der Waals surface area contributed by atoms with Gasteiger partial charge in [-0.05, 0) is 6.92 Å². The zero-order valence-corrected chi connectivity index (χ0v) is 8.05. The van der Waals surface area contributed by atoms with Crippen LogP contribution in [-0.2, 0) is 0 Å². The first-order valence-electron chi connectivity index (χ1n) is 3.72. The monoisotopic (exact) mass is 196 g/mol. The van der Waals surface area contributed by atoms with Crippen LogP contribution in [0.5, 0.6) is 0 Å². The number of nitrogens with zero attached hydrogens (tertiary/aromatic N) is 3. The first kappa shape index (κ1) is 8.18. The number of Topliss-reactive ketones (excluding diaryl/α,β-unsaturated/α-hetero) is 1. The maximum Gasteiger partial charge on any atom is 0.241 e. The van der Waals surface area contributed by atoms with Crippen LogP contribution in [0.4, 0.5) is 5.95 Å². The summed E-state index contributed by atoms with van der Waals surface area (Å²) in [6.45, 7) is 3.36. The summed E-state index contributed by atoms with van der Waals surface area (Å²) in [6.07, 6.45) is 0. The molecule has 2 aromatic rings. The Hall–Kier alpha value is -1.43. The van der Waals surface area contributed by atoms with E-state index in [1.807, 2.05) is 6.92 Å². The number of carbonyl (C=O) groups excluding carboxylic acids is 1. The van der Waals surface area contributed by atoms with Crippen LogP contribution in [0.3, 0.4) is 0 Å². The zero-order valence-electron chi connectivity index (χ0n) is 7.24. The molecule has 0 saturated heterocycles. The smallest absolute Gasteiger partial charge is 0.241 e. The quantitative estimate of drug-likeness (QED) is 0.687. The van der Waals surface area contributed by atoms with Crippen LogP contribution >= 0.6 is 11.3 Å². The van der Waals surface area contributed by atoms with Crippen molar-refractivity contribution < 1.29 is 4.79 Å². The third-order valence-corrected chi connectivity index (χ3v) is 2.99. The molecule has 0 spiro atoms. The highest BCUT2D eigenvalue weighted by Crippen LogP contribution is 2.21. The summed E-state index contributed by atoms with van der Waals surface area (Å²) in [4.78, 5) is 16.5. The molecule has 0 saturated carbocycles. The molecule has 0 aliphatic heterocycles. The predicted molar refractivity (Wildman–Crippen MR) is 50.0 cm³/mol. The number of hydrogen-bond acceptors (Lipinski definition) is 5. The van der Waals surface area contributed by atoms with Gasteiger partial charge in [0.25, 0.3) is 0 Å². The number of anilines is 1.